The lowest BCUT2D eigenvalue weighted by Crippen LogP contribution is -2.16. The van der Waals surface area contributed by atoms with Gasteiger partial charge in [-0.15, -0.1) is 0 Å². The number of aromatic nitrogens is 1. The van der Waals surface area contributed by atoms with E-state index in [9.17, 15) is 0 Å². The van der Waals surface area contributed by atoms with E-state index in [1.54, 1.807) is 0 Å². The van der Waals surface area contributed by atoms with Gasteiger partial charge in [0, 0.05) is 6.54 Å². The molecule has 1 aliphatic rings. The molecule has 0 saturated heterocycles. The average Bonchev–Trinajstić information content (AvgIpc) is 2.38. The van der Waals surface area contributed by atoms with Crippen molar-refractivity contribution in [2.24, 2.45) is 5.73 Å². The van der Waals surface area contributed by atoms with Crippen LogP contribution < -0.4 is 5.73 Å². The molecule has 0 bridgehead atoms. The van der Waals surface area contributed by atoms with Gasteiger partial charge in [-0.3, -0.25) is 4.98 Å². The quantitative estimate of drug-likeness (QED) is 0.847. The highest BCUT2D eigenvalue weighted by atomic mass is 16.5. The van der Waals surface area contributed by atoms with E-state index in [2.05, 4.69) is 4.98 Å². The highest BCUT2D eigenvalue weighted by Gasteiger charge is 2.13. The minimum Gasteiger partial charge on any atom is -0.372 e. The molecule has 3 heteroatoms. The van der Waals surface area contributed by atoms with Gasteiger partial charge in [0.25, 0.3) is 0 Å². The van der Waals surface area contributed by atoms with Crippen LogP contribution >= 0.6 is 0 Å². The van der Waals surface area contributed by atoms with E-state index >= 15 is 0 Å². The first-order chi connectivity index (χ1) is 7.88. The maximum absolute atomic E-state index is 5.87. The molecule has 0 spiro atoms. The van der Waals surface area contributed by atoms with Crippen LogP contribution in [0.2, 0.25) is 0 Å². The first-order valence-electron chi connectivity index (χ1n) is 6.15. The molecule has 1 aliphatic carbocycles. The maximum atomic E-state index is 5.87. The molecule has 16 heavy (non-hydrogen) atoms. The summed E-state index contributed by atoms with van der Waals surface area (Å²) in [6.07, 6.45) is 6.83. The van der Waals surface area contributed by atoms with E-state index < -0.39 is 0 Å². The Morgan fingerprint density at radius 1 is 1.19 bits per heavy atom. The van der Waals surface area contributed by atoms with E-state index in [0.29, 0.717) is 19.3 Å². The predicted molar refractivity (Wildman–Crippen MR) is 63.8 cm³/mol. The molecule has 1 saturated carbocycles. The average molecular weight is 220 g/mol. The van der Waals surface area contributed by atoms with Gasteiger partial charge in [0.1, 0.15) is 0 Å². The van der Waals surface area contributed by atoms with E-state index in [-0.39, 0.29) is 0 Å². The lowest BCUT2D eigenvalue weighted by atomic mass is 9.98. The Labute approximate surface area is 97.0 Å². The number of hydrogen-bond donors (Lipinski definition) is 1. The minimum atomic E-state index is 0.442. The van der Waals surface area contributed by atoms with Crippen molar-refractivity contribution in [2.45, 2.75) is 51.4 Å². The van der Waals surface area contributed by atoms with Gasteiger partial charge < -0.3 is 10.5 Å². The fourth-order valence-corrected chi connectivity index (χ4v) is 2.16. The summed E-state index contributed by atoms with van der Waals surface area (Å²) in [5.74, 6) is 0. The van der Waals surface area contributed by atoms with Crippen LogP contribution in [0, 0.1) is 0 Å². The molecule has 3 nitrogen and oxygen atoms in total. The molecule has 0 amide bonds. The third-order valence-electron chi connectivity index (χ3n) is 3.09. The van der Waals surface area contributed by atoms with Crippen molar-refractivity contribution in [1.29, 1.82) is 0 Å². The molecule has 0 radical (unpaired) electrons. The molecule has 0 aliphatic heterocycles. The van der Waals surface area contributed by atoms with Crippen molar-refractivity contribution in [3.05, 3.63) is 29.6 Å². The number of rotatable bonds is 4. The largest absolute Gasteiger partial charge is 0.372 e. The number of nitrogens with two attached hydrogens (primary N) is 1. The number of hydrogen-bond acceptors (Lipinski definition) is 3. The van der Waals surface area contributed by atoms with Gasteiger partial charge >= 0.3 is 0 Å². The molecular formula is C13H20N2O. The molecule has 0 atom stereocenters. The smallest absolute Gasteiger partial charge is 0.0891 e. The molecule has 2 N–H and O–H groups in total. The zero-order chi connectivity index (χ0) is 11.2. The van der Waals surface area contributed by atoms with Crippen LogP contribution in [-0.4, -0.2) is 11.1 Å². The number of pyridine rings is 1. The van der Waals surface area contributed by atoms with Gasteiger partial charge in [-0.05, 0) is 25.0 Å². The zero-order valence-corrected chi connectivity index (χ0v) is 9.69. The molecular weight excluding hydrogens is 200 g/mol. The van der Waals surface area contributed by atoms with Crippen molar-refractivity contribution < 1.29 is 4.74 Å². The predicted octanol–water partition coefficient (Wildman–Crippen LogP) is 2.39. The fourth-order valence-electron chi connectivity index (χ4n) is 2.16. The summed E-state index contributed by atoms with van der Waals surface area (Å²) < 4.78 is 5.87. The van der Waals surface area contributed by atoms with Crippen LogP contribution in [0.4, 0.5) is 0 Å². The van der Waals surface area contributed by atoms with Crippen LogP contribution in [0.3, 0.4) is 0 Å². The van der Waals surface area contributed by atoms with Crippen molar-refractivity contribution in [3.63, 3.8) is 0 Å². The normalized spacial score (nSPS) is 17.6. The van der Waals surface area contributed by atoms with Gasteiger partial charge in [0.05, 0.1) is 24.1 Å². The summed E-state index contributed by atoms with van der Waals surface area (Å²) in [4.78, 5) is 4.43. The van der Waals surface area contributed by atoms with E-state index in [0.717, 1.165) is 11.4 Å². The first kappa shape index (κ1) is 11.6. The number of nitrogens with zero attached hydrogens (tertiary/aromatic N) is 1. The van der Waals surface area contributed by atoms with Gasteiger partial charge in [-0.1, -0.05) is 25.3 Å². The third-order valence-corrected chi connectivity index (χ3v) is 3.09. The van der Waals surface area contributed by atoms with Crippen molar-refractivity contribution in [2.75, 3.05) is 0 Å². The van der Waals surface area contributed by atoms with Crippen LogP contribution in [0.25, 0.3) is 0 Å². The standard InChI is InChI=1S/C13H20N2O/c14-9-11-5-4-6-12(15-11)10-16-13-7-2-1-3-8-13/h4-6,13H,1-3,7-10,14H2. The summed E-state index contributed by atoms with van der Waals surface area (Å²) in [7, 11) is 0. The minimum absolute atomic E-state index is 0.442. The summed E-state index contributed by atoms with van der Waals surface area (Å²) >= 11 is 0. The summed E-state index contributed by atoms with van der Waals surface area (Å²) in [6.45, 7) is 1.12. The Balaban J connectivity index is 1.83. The highest BCUT2D eigenvalue weighted by molar-refractivity contribution is 5.10. The topological polar surface area (TPSA) is 48.1 Å². The van der Waals surface area contributed by atoms with E-state index in [4.69, 9.17) is 10.5 Å². The molecule has 1 aromatic rings. The Morgan fingerprint density at radius 2 is 1.94 bits per heavy atom. The van der Waals surface area contributed by atoms with Crippen LogP contribution in [0.5, 0.6) is 0 Å². The van der Waals surface area contributed by atoms with Crippen molar-refractivity contribution in [3.8, 4) is 0 Å². The highest BCUT2D eigenvalue weighted by Crippen LogP contribution is 2.21. The second-order valence-corrected chi connectivity index (χ2v) is 4.40. The lowest BCUT2D eigenvalue weighted by Gasteiger charge is -2.21. The monoisotopic (exact) mass is 220 g/mol. The Hall–Kier alpha value is -0.930. The van der Waals surface area contributed by atoms with Crippen LogP contribution in [-0.2, 0) is 17.9 Å². The van der Waals surface area contributed by atoms with Gasteiger partial charge in [-0.25, -0.2) is 0 Å². The molecule has 2 rings (SSSR count). The van der Waals surface area contributed by atoms with Gasteiger partial charge in [-0.2, -0.15) is 0 Å². The van der Waals surface area contributed by atoms with E-state index in [1.165, 1.54) is 32.1 Å². The molecule has 88 valence electrons. The maximum Gasteiger partial charge on any atom is 0.0891 e. The fraction of sp³-hybridized carbons (Fsp3) is 0.615. The molecule has 1 heterocycles. The molecule has 0 aromatic carbocycles. The van der Waals surface area contributed by atoms with Crippen LogP contribution in [0.1, 0.15) is 43.5 Å². The third kappa shape index (κ3) is 3.29. The molecule has 1 fully saturated rings. The second kappa shape index (κ2) is 5.97. The van der Waals surface area contributed by atoms with Gasteiger partial charge in [0.15, 0.2) is 0 Å². The summed E-state index contributed by atoms with van der Waals surface area (Å²) in [6, 6.07) is 5.95. The lowest BCUT2D eigenvalue weighted by molar-refractivity contribution is 0.0152. The van der Waals surface area contributed by atoms with Crippen molar-refractivity contribution >= 4 is 0 Å². The zero-order valence-electron chi connectivity index (χ0n) is 9.69. The molecule has 0 unspecified atom stereocenters. The summed E-state index contributed by atoms with van der Waals surface area (Å²) in [5, 5.41) is 0. The van der Waals surface area contributed by atoms with Crippen molar-refractivity contribution in [1.82, 2.24) is 4.98 Å². The Morgan fingerprint density at radius 3 is 2.69 bits per heavy atom. The Kier molecular flexibility index (Phi) is 4.31. The second-order valence-electron chi connectivity index (χ2n) is 4.40. The Bertz CT molecular complexity index is 321. The van der Waals surface area contributed by atoms with Gasteiger partial charge in [0.2, 0.25) is 0 Å². The SMILES string of the molecule is NCc1cccc(COC2CCCCC2)n1. The first-order valence-corrected chi connectivity index (χ1v) is 6.15. The molecule has 1 aromatic heterocycles. The van der Waals surface area contributed by atoms with Crippen LogP contribution in [0.15, 0.2) is 18.2 Å². The summed E-state index contributed by atoms with van der Waals surface area (Å²) in [5.41, 5.74) is 7.48. The number of ether oxygens (including phenoxy) is 1. The van der Waals surface area contributed by atoms with E-state index in [1.807, 2.05) is 18.2 Å².